The van der Waals surface area contributed by atoms with E-state index in [1.54, 1.807) is 6.07 Å². The number of hydrogen-bond acceptors (Lipinski definition) is 7. The summed E-state index contributed by atoms with van der Waals surface area (Å²) in [6, 6.07) is 17.1. The van der Waals surface area contributed by atoms with Crippen molar-refractivity contribution in [2.75, 3.05) is 18.0 Å². The van der Waals surface area contributed by atoms with Crippen molar-refractivity contribution in [2.24, 2.45) is 0 Å². The van der Waals surface area contributed by atoms with Crippen LogP contribution < -0.4 is 9.64 Å². The Morgan fingerprint density at radius 3 is 2.53 bits per heavy atom. The Morgan fingerprint density at radius 1 is 1.08 bits per heavy atom. The second-order valence-corrected chi connectivity index (χ2v) is 10.8. The second-order valence-electron chi connectivity index (χ2n) is 10.8. The third-order valence-corrected chi connectivity index (χ3v) is 6.80. The van der Waals surface area contributed by atoms with Crippen LogP contribution in [0.2, 0.25) is 0 Å². The Labute approximate surface area is 220 Å². The molecule has 0 N–H and O–H groups in total. The molecule has 3 saturated heterocycles. The normalized spacial score (nSPS) is 18.8. The summed E-state index contributed by atoms with van der Waals surface area (Å²) in [6.45, 7) is 7.17. The van der Waals surface area contributed by atoms with Gasteiger partial charge in [-0.15, -0.1) is 0 Å². The van der Waals surface area contributed by atoms with Crippen LogP contribution in [-0.2, 0) is 11.3 Å². The fraction of sp³-hybridized carbons (Fsp3) is 0.345. The molecule has 4 aromatic rings. The fourth-order valence-corrected chi connectivity index (χ4v) is 5.07. The predicted octanol–water partition coefficient (Wildman–Crippen LogP) is 5.81. The second kappa shape index (κ2) is 9.31. The number of nitrogens with zero attached hydrogens (tertiary/aromatic N) is 4. The van der Waals surface area contributed by atoms with Gasteiger partial charge >= 0.3 is 6.09 Å². The number of carbonyl (C=O) groups excluding carboxylic acids is 1. The highest BCUT2D eigenvalue weighted by molar-refractivity contribution is 5.94. The molecule has 1 amide bonds. The summed E-state index contributed by atoms with van der Waals surface area (Å²) in [5.41, 5.74) is 2.86. The van der Waals surface area contributed by atoms with Crippen molar-refractivity contribution in [3.05, 3.63) is 72.2 Å². The van der Waals surface area contributed by atoms with E-state index in [0.717, 1.165) is 12.0 Å². The zero-order chi connectivity index (χ0) is 26.4. The summed E-state index contributed by atoms with van der Waals surface area (Å²) in [7, 11) is 0. The van der Waals surface area contributed by atoms with Crippen molar-refractivity contribution in [1.29, 1.82) is 0 Å². The maximum absolute atomic E-state index is 13.5. The monoisotopic (exact) mass is 516 g/mol. The van der Waals surface area contributed by atoms with E-state index in [0.29, 0.717) is 53.8 Å². The summed E-state index contributed by atoms with van der Waals surface area (Å²) < 4.78 is 31.6. The number of carbonyl (C=O) groups is 1. The van der Waals surface area contributed by atoms with Crippen LogP contribution >= 0.6 is 0 Å². The van der Waals surface area contributed by atoms with Crippen LogP contribution in [-0.4, -0.2) is 51.7 Å². The SMILES string of the molecule is CC(C)(C)OC(=O)N1C2CC1CN(c1nc3c(OCc4ccccc4)ccc(-c4ccc(F)cn4)c3o1)C2. The van der Waals surface area contributed by atoms with E-state index in [-0.39, 0.29) is 18.2 Å². The van der Waals surface area contributed by atoms with Gasteiger partial charge < -0.3 is 18.8 Å². The van der Waals surface area contributed by atoms with E-state index in [4.69, 9.17) is 18.9 Å². The summed E-state index contributed by atoms with van der Waals surface area (Å²) >= 11 is 0. The number of anilines is 1. The smallest absolute Gasteiger partial charge is 0.410 e. The fourth-order valence-electron chi connectivity index (χ4n) is 5.07. The Morgan fingerprint density at radius 2 is 1.84 bits per heavy atom. The lowest BCUT2D eigenvalue weighted by molar-refractivity contribution is -0.0386. The number of halogens is 1. The van der Waals surface area contributed by atoms with Gasteiger partial charge in [0.15, 0.2) is 11.1 Å². The van der Waals surface area contributed by atoms with Gasteiger partial charge in [0.05, 0.1) is 24.0 Å². The standard InChI is InChI=1S/C29H29FN4O4/c1-29(2,3)38-28(35)34-20-13-21(34)16-33(15-20)27-32-25-24(36-17-18-7-5-4-6-8-18)12-10-22(26(25)37-27)23-11-9-19(30)14-31-23/h4-12,14,20-21H,13,15-17H2,1-3H3. The third-order valence-electron chi connectivity index (χ3n) is 6.80. The number of rotatable bonds is 5. The molecule has 2 bridgehead atoms. The number of fused-ring (bicyclic) bond motifs is 3. The van der Waals surface area contributed by atoms with Gasteiger partial charge in [0.2, 0.25) is 0 Å². The first kappa shape index (κ1) is 24.2. The zero-order valence-corrected chi connectivity index (χ0v) is 21.6. The van der Waals surface area contributed by atoms with Gasteiger partial charge in [0.1, 0.15) is 23.8 Å². The molecule has 0 radical (unpaired) electrons. The Hall–Kier alpha value is -4.14. The Bertz CT molecular complexity index is 1450. The van der Waals surface area contributed by atoms with Crippen LogP contribution in [0.5, 0.6) is 5.75 Å². The number of amides is 1. The molecule has 3 fully saturated rings. The summed E-state index contributed by atoms with van der Waals surface area (Å²) in [5.74, 6) is 0.176. The van der Waals surface area contributed by atoms with Crippen LogP contribution in [0, 0.1) is 5.82 Å². The summed E-state index contributed by atoms with van der Waals surface area (Å²) in [5, 5.41) is 0. The topological polar surface area (TPSA) is 80.9 Å². The first-order valence-corrected chi connectivity index (χ1v) is 12.7. The highest BCUT2D eigenvalue weighted by atomic mass is 19.1. The highest BCUT2D eigenvalue weighted by Crippen LogP contribution is 2.40. The van der Waals surface area contributed by atoms with Gasteiger partial charge in [-0.05, 0) is 57.0 Å². The molecular weight excluding hydrogens is 487 g/mol. The van der Waals surface area contributed by atoms with Gasteiger partial charge in [-0.2, -0.15) is 4.98 Å². The van der Waals surface area contributed by atoms with E-state index in [1.807, 2.05) is 68.1 Å². The van der Waals surface area contributed by atoms with Gasteiger partial charge in [0.25, 0.3) is 6.01 Å². The molecule has 7 rings (SSSR count). The average Bonchev–Trinajstić information content (AvgIpc) is 3.33. The first-order chi connectivity index (χ1) is 18.2. The quantitative estimate of drug-likeness (QED) is 0.331. The van der Waals surface area contributed by atoms with Gasteiger partial charge in [0, 0.05) is 18.7 Å². The van der Waals surface area contributed by atoms with Gasteiger partial charge in [-0.25, -0.2) is 9.18 Å². The minimum atomic E-state index is -0.540. The molecule has 2 unspecified atom stereocenters. The predicted molar refractivity (Wildman–Crippen MR) is 140 cm³/mol. The number of aromatic nitrogens is 2. The molecule has 5 heterocycles. The summed E-state index contributed by atoms with van der Waals surface area (Å²) in [6.07, 6.45) is 1.82. The molecule has 38 heavy (non-hydrogen) atoms. The van der Waals surface area contributed by atoms with Crippen LogP contribution in [0.4, 0.5) is 15.2 Å². The van der Waals surface area contributed by atoms with Crippen molar-refractivity contribution in [2.45, 2.75) is 51.5 Å². The molecule has 2 aromatic carbocycles. The minimum absolute atomic E-state index is 0.0330. The van der Waals surface area contributed by atoms with Gasteiger partial charge in [-0.3, -0.25) is 9.88 Å². The Kier molecular flexibility index (Phi) is 5.93. The molecule has 0 spiro atoms. The van der Waals surface area contributed by atoms with Crippen molar-refractivity contribution in [1.82, 2.24) is 14.9 Å². The number of benzene rings is 2. The number of piperidine rings is 1. The zero-order valence-electron chi connectivity index (χ0n) is 21.6. The number of ether oxygens (including phenoxy) is 2. The lowest BCUT2D eigenvalue weighted by Gasteiger charge is -2.55. The molecule has 3 aliphatic heterocycles. The molecular formula is C29H29FN4O4. The lowest BCUT2D eigenvalue weighted by atomic mass is 9.88. The number of piperazine rings is 1. The first-order valence-electron chi connectivity index (χ1n) is 12.7. The molecule has 9 heteroatoms. The number of pyridine rings is 1. The van der Waals surface area contributed by atoms with Crippen LogP contribution in [0.1, 0.15) is 32.8 Å². The summed E-state index contributed by atoms with van der Waals surface area (Å²) in [4.78, 5) is 25.7. The molecule has 2 atom stereocenters. The number of hydrogen-bond donors (Lipinski definition) is 0. The molecule has 3 aliphatic rings. The largest absolute Gasteiger partial charge is 0.486 e. The minimum Gasteiger partial charge on any atom is -0.486 e. The molecule has 8 nitrogen and oxygen atoms in total. The van der Waals surface area contributed by atoms with E-state index in [9.17, 15) is 9.18 Å². The van der Waals surface area contributed by atoms with Crippen LogP contribution in [0.3, 0.4) is 0 Å². The van der Waals surface area contributed by atoms with Crippen molar-refractivity contribution in [3.63, 3.8) is 0 Å². The van der Waals surface area contributed by atoms with E-state index in [1.165, 1.54) is 12.3 Å². The lowest BCUT2D eigenvalue weighted by Crippen LogP contribution is -2.70. The molecule has 0 aliphatic carbocycles. The molecule has 196 valence electrons. The third kappa shape index (κ3) is 4.64. The maximum Gasteiger partial charge on any atom is 0.410 e. The molecule has 0 saturated carbocycles. The average molecular weight is 517 g/mol. The van der Waals surface area contributed by atoms with Crippen LogP contribution in [0.25, 0.3) is 22.4 Å². The van der Waals surface area contributed by atoms with Crippen LogP contribution in [0.15, 0.2) is 65.2 Å². The molecule has 2 aromatic heterocycles. The Balaban J connectivity index is 1.30. The highest BCUT2D eigenvalue weighted by Gasteiger charge is 2.49. The van der Waals surface area contributed by atoms with Crippen molar-refractivity contribution in [3.8, 4) is 17.0 Å². The van der Waals surface area contributed by atoms with Crippen molar-refractivity contribution < 1.29 is 23.1 Å². The maximum atomic E-state index is 13.5. The van der Waals surface area contributed by atoms with E-state index < -0.39 is 11.4 Å². The van der Waals surface area contributed by atoms with E-state index >= 15 is 0 Å². The number of oxazole rings is 1. The van der Waals surface area contributed by atoms with Gasteiger partial charge in [-0.1, -0.05) is 30.3 Å². The van der Waals surface area contributed by atoms with E-state index in [2.05, 4.69) is 9.88 Å². The van der Waals surface area contributed by atoms with Crippen molar-refractivity contribution >= 4 is 23.2 Å².